The van der Waals surface area contributed by atoms with Gasteiger partial charge >= 0.3 is 6.01 Å². The minimum absolute atomic E-state index is 0.225. The number of nitrogens with zero attached hydrogens (tertiary/aromatic N) is 2. The quantitative estimate of drug-likeness (QED) is 0.743. The number of ether oxygens (including phenoxy) is 2. The Bertz CT molecular complexity index is 888. The van der Waals surface area contributed by atoms with Crippen LogP contribution in [0.3, 0.4) is 0 Å². The van der Waals surface area contributed by atoms with Crippen LogP contribution in [0.5, 0.6) is 17.5 Å². The van der Waals surface area contributed by atoms with Crippen molar-refractivity contribution in [1.82, 2.24) is 9.97 Å². The van der Waals surface area contributed by atoms with Gasteiger partial charge in [-0.25, -0.2) is 9.97 Å². The second-order valence-corrected chi connectivity index (χ2v) is 5.40. The molecule has 0 atom stereocenters. The van der Waals surface area contributed by atoms with Crippen LogP contribution in [0.15, 0.2) is 60.9 Å². The number of carbonyl (C=O) groups is 1. The van der Waals surface area contributed by atoms with Crippen molar-refractivity contribution in [3.8, 4) is 17.5 Å². The molecule has 6 nitrogen and oxygen atoms in total. The molecule has 7 heteroatoms. The monoisotopic (exact) mass is 355 g/mol. The van der Waals surface area contributed by atoms with Gasteiger partial charge in [0.2, 0.25) is 0 Å². The molecule has 1 amide bonds. The highest BCUT2D eigenvalue weighted by atomic mass is 35.5. The molecule has 1 aromatic heterocycles. The van der Waals surface area contributed by atoms with Gasteiger partial charge in [-0.15, -0.1) is 0 Å². The molecule has 0 aliphatic heterocycles. The number of hydrogen-bond acceptors (Lipinski definition) is 5. The number of halogens is 1. The van der Waals surface area contributed by atoms with E-state index in [1.54, 1.807) is 60.9 Å². The zero-order valence-corrected chi connectivity index (χ0v) is 14.0. The molecule has 25 heavy (non-hydrogen) atoms. The third kappa shape index (κ3) is 4.24. The summed E-state index contributed by atoms with van der Waals surface area (Å²) in [6, 6.07) is 13.7. The van der Waals surface area contributed by atoms with Crippen molar-refractivity contribution in [3.63, 3.8) is 0 Å². The van der Waals surface area contributed by atoms with E-state index < -0.39 is 0 Å². The number of nitrogens with one attached hydrogen (secondary N) is 1. The molecule has 0 aliphatic rings. The number of hydrogen-bond donors (Lipinski definition) is 1. The molecule has 3 rings (SSSR count). The van der Waals surface area contributed by atoms with Crippen LogP contribution in [0, 0.1) is 0 Å². The average Bonchev–Trinajstić information content (AvgIpc) is 2.63. The molecule has 0 saturated carbocycles. The third-order valence-corrected chi connectivity index (χ3v) is 3.48. The third-order valence-electron chi connectivity index (χ3n) is 3.25. The first kappa shape index (κ1) is 16.7. The van der Waals surface area contributed by atoms with Crippen LogP contribution in [0.2, 0.25) is 5.02 Å². The Morgan fingerprint density at radius 3 is 2.64 bits per heavy atom. The molecular formula is C18H14ClN3O3. The zero-order valence-electron chi connectivity index (χ0n) is 13.3. The van der Waals surface area contributed by atoms with Gasteiger partial charge in [-0.2, -0.15) is 0 Å². The van der Waals surface area contributed by atoms with Gasteiger partial charge in [0.15, 0.2) is 0 Å². The Kier molecular flexibility index (Phi) is 5.11. The normalized spacial score (nSPS) is 10.2. The number of aromatic nitrogens is 2. The summed E-state index contributed by atoms with van der Waals surface area (Å²) < 4.78 is 10.8. The van der Waals surface area contributed by atoms with E-state index in [1.165, 1.54) is 7.11 Å². The van der Waals surface area contributed by atoms with E-state index in [9.17, 15) is 4.79 Å². The fraction of sp³-hybridized carbons (Fsp3) is 0.0556. The van der Waals surface area contributed by atoms with Crippen LogP contribution in [0.25, 0.3) is 0 Å². The fourth-order valence-electron chi connectivity index (χ4n) is 2.14. The zero-order chi connectivity index (χ0) is 17.6. The lowest BCUT2D eigenvalue weighted by atomic mass is 10.2. The first-order valence-corrected chi connectivity index (χ1v) is 7.73. The van der Waals surface area contributed by atoms with E-state index in [0.29, 0.717) is 27.8 Å². The van der Waals surface area contributed by atoms with E-state index >= 15 is 0 Å². The molecule has 0 saturated heterocycles. The van der Waals surface area contributed by atoms with Gasteiger partial charge in [0.25, 0.3) is 5.91 Å². The highest BCUT2D eigenvalue weighted by Crippen LogP contribution is 2.25. The highest BCUT2D eigenvalue weighted by Gasteiger charge is 2.13. The lowest BCUT2D eigenvalue weighted by Crippen LogP contribution is -2.13. The van der Waals surface area contributed by atoms with Crippen molar-refractivity contribution in [2.75, 3.05) is 12.4 Å². The van der Waals surface area contributed by atoms with E-state index in [4.69, 9.17) is 21.1 Å². The van der Waals surface area contributed by atoms with Crippen LogP contribution in [-0.2, 0) is 0 Å². The lowest BCUT2D eigenvalue weighted by molar-refractivity contribution is 0.102. The summed E-state index contributed by atoms with van der Waals surface area (Å²) >= 11 is 5.97. The van der Waals surface area contributed by atoms with Gasteiger partial charge in [0, 0.05) is 29.2 Å². The number of rotatable bonds is 5. The number of benzene rings is 2. The van der Waals surface area contributed by atoms with Crippen molar-refractivity contribution >= 4 is 23.2 Å². The number of amides is 1. The second-order valence-electron chi connectivity index (χ2n) is 4.96. The predicted molar refractivity (Wildman–Crippen MR) is 94.5 cm³/mol. The first-order valence-electron chi connectivity index (χ1n) is 7.35. The molecular weight excluding hydrogens is 342 g/mol. The molecule has 1 heterocycles. The average molecular weight is 356 g/mol. The molecule has 0 bridgehead atoms. The minimum atomic E-state index is -0.340. The van der Waals surface area contributed by atoms with Crippen molar-refractivity contribution in [3.05, 3.63) is 71.5 Å². The van der Waals surface area contributed by atoms with Gasteiger partial charge in [0.1, 0.15) is 11.5 Å². The maximum Gasteiger partial charge on any atom is 0.321 e. The predicted octanol–water partition coefficient (Wildman–Crippen LogP) is 4.18. The Hall–Kier alpha value is -3.12. The van der Waals surface area contributed by atoms with Crippen LogP contribution in [0.1, 0.15) is 10.4 Å². The van der Waals surface area contributed by atoms with Gasteiger partial charge in [-0.1, -0.05) is 17.7 Å². The van der Waals surface area contributed by atoms with Crippen LogP contribution < -0.4 is 14.8 Å². The summed E-state index contributed by atoms with van der Waals surface area (Å²) in [6.07, 6.45) is 3.17. The summed E-state index contributed by atoms with van der Waals surface area (Å²) in [5, 5.41) is 3.24. The Labute approximate surface area is 149 Å². The molecule has 0 unspecified atom stereocenters. The highest BCUT2D eigenvalue weighted by molar-refractivity contribution is 6.31. The number of methoxy groups -OCH3 is 1. The maximum atomic E-state index is 12.5. The number of anilines is 1. The van der Waals surface area contributed by atoms with Crippen LogP contribution in [-0.4, -0.2) is 23.0 Å². The summed E-state index contributed by atoms with van der Waals surface area (Å²) in [7, 11) is 1.49. The van der Waals surface area contributed by atoms with Crippen LogP contribution >= 0.6 is 11.6 Å². The van der Waals surface area contributed by atoms with Crippen molar-refractivity contribution in [2.24, 2.45) is 0 Å². The molecule has 3 aromatic rings. The first-order chi connectivity index (χ1) is 12.2. The fourth-order valence-corrected chi connectivity index (χ4v) is 2.31. The van der Waals surface area contributed by atoms with Crippen molar-refractivity contribution in [2.45, 2.75) is 0 Å². The van der Waals surface area contributed by atoms with E-state index in [-0.39, 0.29) is 11.9 Å². The van der Waals surface area contributed by atoms with E-state index in [2.05, 4.69) is 15.3 Å². The summed E-state index contributed by atoms with van der Waals surface area (Å²) in [6.45, 7) is 0. The standard InChI is InChI=1S/C18H14ClN3O3/c1-24-16-7-6-12(19)10-15(16)17(23)22-13-4-2-5-14(11-13)25-18-20-8-3-9-21-18/h2-11H,1H3,(H,22,23). The Morgan fingerprint density at radius 1 is 1.08 bits per heavy atom. The molecule has 1 N–H and O–H groups in total. The largest absolute Gasteiger partial charge is 0.496 e. The molecule has 2 aromatic carbocycles. The Balaban J connectivity index is 1.78. The van der Waals surface area contributed by atoms with Gasteiger partial charge in [0.05, 0.1) is 12.7 Å². The topological polar surface area (TPSA) is 73.3 Å². The van der Waals surface area contributed by atoms with Crippen LogP contribution in [0.4, 0.5) is 5.69 Å². The molecule has 0 radical (unpaired) electrons. The summed E-state index contributed by atoms with van der Waals surface area (Å²) in [4.78, 5) is 20.5. The minimum Gasteiger partial charge on any atom is -0.496 e. The summed E-state index contributed by atoms with van der Waals surface area (Å²) in [5.41, 5.74) is 0.896. The van der Waals surface area contributed by atoms with Gasteiger partial charge in [-0.3, -0.25) is 4.79 Å². The van der Waals surface area contributed by atoms with Gasteiger partial charge < -0.3 is 14.8 Å². The lowest BCUT2D eigenvalue weighted by Gasteiger charge is -2.11. The maximum absolute atomic E-state index is 12.5. The van der Waals surface area contributed by atoms with Crippen molar-refractivity contribution in [1.29, 1.82) is 0 Å². The SMILES string of the molecule is COc1ccc(Cl)cc1C(=O)Nc1cccc(Oc2ncccn2)c1. The van der Waals surface area contributed by atoms with Gasteiger partial charge in [-0.05, 0) is 36.4 Å². The second kappa shape index (κ2) is 7.63. The smallest absolute Gasteiger partial charge is 0.321 e. The molecule has 0 spiro atoms. The van der Waals surface area contributed by atoms with E-state index in [0.717, 1.165) is 0 Å². The summed E-state index contributed by atoms with van der Waals surface area (Å²) in [5.74, 6) is 0.599. The molecule has 0 aliphatic carbocycles. The molecule has 126 valence electrons. The Morgan fingerprint density at radius 2 is 1.88 bits per heavy atom. The number of carbonyl (C=O) groups excluding carboxylic acids is 1. The van der Waals surface area contributed by atoms with Crippen molar-refractivity contribution < 1.29 is 14.3 Å². The molecule has 0 fully saturated rings. The van der Waals surface area contributed by atoms with E-state index in [1.807, 2.05) is 0 Å².